The molecule has 0 spiro atoms. The Morgan fingerprint density at radius 2 is 1.61 bits per heavy atom. The van der Waals surface area contributed by atoms with Crippen LogP contribution in [0, 0.1) is 5.82 Å². The summed E-state index contributed by atoms with van der Waals surface area (Å²) < 4.78 is 13.1. The predicted molar refractivity (Wildman–Crippen MR) is 86.1 cm³/mol. The molecular weight excluding hydrogens is 295 g/mol. The van der Waals surface area contributed by atoms with Crippen LogP contribution in [0.5, 0.6) is 0 Å². The van der Waals surface area contributed by atoms with Crippen LogP contribution in [-0.2, 0) is 9.59 Å². The molecule has 0 aromatic heterocycles. The fourth-order valence-corrected chi connectivity index (χ4v) is 2.19. The van der Waals surface area contributed by atoms with Crippen LogP contribution in [0.2, 0.25) is 0 Å². The van der Waals surface area contributed by atoms with Crippen molar-refractivity contribution in [3.63, 3.8) is 0 Å². The number of amides is 2. The highest BCUT2D eigenvalue weighted by atomic mass is 19.1. The fraction of sp³-hybridized carbons (Fsp3) is 0.222. The van der Waals surface area contributed by atoms with E-state index in [0.29, 0.717) is 0 Å². The van der Waals surface area contributed by atoms with Crippen LogP contribution in [0.4, 0.5) is 4.39 Å². The minimum Gasteiger partial charge on any atom is -0.344 e. The summed E-state index contributed by atoms with van der Waals surface area (Å²) in [6, 6.07) is 15.0. The summed E-state index contributed by atoms with van der Waals surface area (Å²) in [6.45, 7) is 1.38. The van der Waals surface area contributed by atoms with E-state index < -0.39 is 6.04 Å². The zero-order chi connectivity index (χ0) is 16.8. The van der Waals surface area contributed by atoms with E-state index in [-0.39, 0.29) is 24.2 Å². The maximum atomic E-state index is 13.1. The molecule has 2 rings (SSSR count). The SMILES string of the molecule is CC(=O)N(C)CC(=O)N[C@@H](c1ccccc1)c1ccc(F)cc1. The molecule has 0 heterocycles. The summed E-state index contributed by atoms with van der Waals surface area (Å²) in [6.07, 6.45) is 0. The van der Waals surface area contributed by atoms with Crippen molar-refractivity contribution in [2.45, 2.75) is 13.0 Å². The first-order valence-electron chi connectivity index (χ1n) is 7.29. The van der Waals surface area contributed by atoms with E-state index >= 15 is 0 Å². The summed E-state index contributed by atoms with van der Waals surface area (Å²) in [5.74, 6) is -0.790. The number of carbonyl (C=O) groups is 2. The highest BCUT2D eigenvalue weighted by Gasteiger charge is 2.18. The Bertz CT molecular complexity index is 671. The molecule has 1 N–H and O–H groups in total. The molecule has 0 unspecified atom stereocenters. The molecule has 0 fully saturated rings. The van der Waals surface area contributed by atoms with Crippen molar-refractivity contribution < 1.29 is 14.0 Å². The molecule has 5 heteroatoms. The fourth-order valence-electron chi connectivity index (χ4n) is 2.19. The summed E-state index contributed by atoms with van der Waals surface area (Å²) in [7, 11) is 1.57. The lowest BCUT2D eigenvalue weighted by Gasteiger charge is -2.22. The van der Waals surface area contributed by atoms with Gasteiger partial charge in [-0.3, -0.25) is 9.59 Å². The van der Waals surface area contributed by atoms with Crippen molar-refractivity contribution in [3.8, 4) is 0 Å². The van der Waals surface area contributed by atoms with Crippen LogP contribution in [-0.4, -0.2) is 30.3 Å². The minimum absolute atomic E-state index is 0.0279. The van der Waals surface area contributed by atoms with Crippen LogP contribution in [0.1, 0.15) is 24.1 Å². The van der Waals surface area contributed by atoms with Gasteiger partial charge in [0, 0.05) is 14.0 Å². The van der Waals surface area contributed by atoms with Gasteiger partial charge < -0.3 is 10.2 Å². The van der Waals surface area contributed by atoms with Crippen molar-refractivity contribution in [1.29, 1.82) is 0 Å². The highest BCUT2D eigenvalue weighted by molar-refractivity contribution is 5.84. The number of rotatable bonds is 5. The van der Waals surface area contributed by atoms with Crippen LogP contribution < -0.4 is 5.32 Å². The number of benzene rings is 2. The Morgan fingerprint density at radius 3 is 2.17 bits per heavy atom. The second kappa shape index (κ2) is 7.54. The van der Waals surface area contributed by atoms with Gasteiger partial charge in [0.2, 0.25) is 11.8 Å². The molecule has 4 nitrogen and oxygen atoms in total. The Morgan fingerprint density at radius 1 is 1.04 bits per heavy atom. The van der Waals surface area contributed by atoms with E-state index in [1.807, 2.05) is 30.3 Å². The zero-order valence-electron chi connectivity index (χ0n) is 13.1. The minimum atomic E-state index is -0.398. The summed E-state index contributed by atoms with van der Waals surface area (Å²) in [5, 5.41) is 2.90. The van der Waals surface area contributed by atoms with E-state index in [2.05, 4.69) is 5.32 Å². The average Bonchev–Trinajstić information content (AvgIpc) is 2.54. The third kappa shape index (κ3) is 4.64. The molecule has 2 amide bonds. The van der Waals surface area contributed by atoms with E-state index in [4.69, 9.17) is 0 Å². The molecule has 120 valence electrons. The Labute approximate surface area is 134 Å². The van der Waals surface area contributed by atoms with Crippen LogP contribution in [0.25, 0.3) is 0 Å². The normalized spacial score (nSPS) is 11.6. The van der Waals surface area contributed by atoms with Gasteiger partial charge in [-0.05, 0) is 23.3 Å². The number of carbonyl (C=O) groups excluding carboxylic acids is 2. The number of nitrogens with zero attached hydrogens (tertiary/aromatic N) is 1. The molecule has 0 saturated carbocycles. The van der Waals surface area contributed by atoms with Gasteiger partial charge in [-0.1, -0.05) is 42.5 Å². The molecule has 23 heavy (non-hydrogen) atoms. The van der Waals surface area contributed by atoms with Crippen molar-refractivity contribution in [1.82, 2.24) is 10.2 Å². The Hall–Kier alpha value is -2.69. The second-order valence-electron chi connectivity index (χ2n) is 5.34. The molecule has 1 atom stereocenters. The molecule has 0 saturated heterocycles. The van der Waals surface area contributed by atoms with Gasteiger partial charge in [0.1, 0.15) is 5.82 Å². The molecule has 0 aliphatic heterocycles. The first-order chi connectivity index (χ1) is 11.0. The maximum absolute atomic E-state index is 13.1. The molecule has 2 aromatic rings. The van der Waals surface area contributed by atoms with Gasteiger partial charge in [0.15, 0.2) is 0 Å². The van der Waals surface area contributed by atoms with Crippen LogP contribution in [0.3, 0.4) is 0 Å². The number of hydrogen-bond acceptors (Lipinski definition) is 2. The summed E-state index contributed by atoms with van der Waals surface area (Å²) in [4.78, 5) is 24.8. The molecule has 2 aromatic carbocycles. The van der Waals surface area contributed by atoms with Gasteiger partial charge in [0.05, 0.1) is 12.6 Å². The van der Waals surface area contributed by atoms with E-state index in [1.165, 1.54) is 24.0 Å². The van der Waals surface area contributed by atoms with Gasteiger partial charge >= 0.3 is 0 Å². The lowest BCUT2D eigenvalue weighted by molar-refractivity contribution is -0.133. The third-order valence-electron chi connectivity index (χ3n) is 3.56. The second-order valence-corrected chi connectivity index (χ2v) is 5.34. The molecule has 0 bridgehead atoms. The van der Waals surface area contributed by atoms with Crippen molar-refractivity contribution in [2.75, 3.05) is 13.6 Å². The lowest BCUT2D eigenvalue weighted by atomic mass is 9.98. The van der Waals surface area contributed by atoms with Gasteiger partial charge in [-0.2, -0.15) is 0 Å². The van der Waals surface area contributed by atoms with Crippen molar-refractivity contribution in [3.05, 3.63) is 71.5 Å². The third-order valence-corrected chi connectivity index (χ3v) is 3.56. The zero-order valence-corrected chi connectivity index (χ0v) is 13.1. The topological polar surface area (TPSA) is 49.4 Å². The van der Waals surface area contributed by atoms with Crippen molar-refractivity contribution >= 4 is 11.8 Å². The molecule has 0 aliphatic carbocycles. The molecular formula is C18H19FN2O2. The van der Waals surface area contributed by atoms with Crippen molar-refractivity contribution in [2.24, 2.45) is 0 Å². The number of likely N-dealkylation sites (N-methyl/N-ethyl adjacent to an activating group) is 1. The number of halogens is 1. The summed E-state index contributed by atoms with van der Waals surface area (Å²) >= 11 is 0. The van der Waals surface area contributed by atoms with E-state index in [1.54, 1.807) is 19.2 Å². The van der Waals surface area contributed by atoms with E-state index in [0.717, 1.165) is 11.1 Å². The first-order valence-corrected chi connectivity index (χ1v) is 7.29. The van der Waals surface area contributed by atoms with Gasteiger partial charge in [0.25, 0.3) is 0 Å². The number of nitrogens with one attached hydrogen (secondary N) is 1. The monoisotopic (exact) mass is 314 g/mol. The van der Waals surface area contributed by atoms with Gasteiger partial charge in [-0.15, -0.1) is 0 Å². The van der Waals surface area contributed by atoms with Crippen LogP contribution in [0.15, 0.2) is 54.6 Å². The predicted octanol–water partition coefficient (Wildman–Crippen LogP) is 2.51. The molecule has 0 aliphatic rings. The quantitative estimate of drug-likeness (QED) is 0.922. The Balaban J connectivity index is 2.22. The summed E-state index contributed by atoms with van der Waals surface area (Å²) in [5.41, 5.74) is 1.66. The number of hydrogen-bond donors (Lipinski definition) is 1. The standard InChI is InChI=1S/C18H19FN2O2/c1-13(22)21(2)12-17(23)20-18(14-6-4-3-5-7-14)15-8-10-16(19)11-9-15/h3-11,18H,12H2,1-2H3,(H,20,23)/t18-/m0/s1. The highest BCUT2D eigenvalue weighted by Crippen LogP contribution is 2.22. The average molecular weight is 314 g/mol. The lowest BCUT2D eigenvalue weighted by Crippen LogP contribution is -2.39. The van der Waals surface area contributed by atoms with Gasteiger partial charge in [-0.25, -0.2) is 4.39 Å². The first kappa shape index (κ1) is 16.7. The van der Waals surface area contributed by atoms with E-state index in [9.17, 15) is 14.0 Å². The largest absolute Gasteiger partial charge is 0.344 e. The van der Waals surface area contributed by atoms with Crippen LogP contribution >= 0.6 is 0 Å². The molecule has 0 radical (unpaired) electrons. The maximum Gasteiger partial charge on any atom is 0.240 e. The smallest absolute Gasteiger partial charge is 0.240 e. The Kier molecular flexibility index (Phi) is 5.46.